The standard InChI is InChI=1S/C24H22N2O3/c27-23(18-6-2-1-3-7-18)25-21-8-4-5-9-22(21)26-24(28)19-12-14-20(15-13-19)29-16-17-10-11-17/h1-9,12-15,17H,10-11,16H2,(H,25,27)(H,26,28). The summed E-state index contributed by atoms with van der Waals surface area (Å²) in [5.41, 5.74) is 2.15. The van der Waals surface area contributed by atoms with Gasteiger partial charge in [-0.05, 0) is 67.3 Å². The van der Waals surface area contributed by atoms with Crippen LogP contribution in [0.2, 0.25) is 0 Å². The number of rotatable bonds is 7. The highest BCUT2D eigenvalue weighted by molar-refractivity contribution is 6.09. The van der Waals surface area contributed by atoms with Crippen LogP contribution in [0, 0.1) is 5.92 Å². The monoisotopic (exact) mass is 386 g/mol. The average Bonchev–Trinajstić information content (AvgIpc) is 3.59. The number of amides is 2. The van der Waals surface area contributed by atoms with Crippen molar-refractivity contribution in [3.05, 3.63) is 90.0 Å². The zero-order valence-corrected chi connectivity index (χ0v) is 15.9. The van der Waals surface area contributed by atoms with E-state index in [4.69, 9.17) is 4.74 Å². The molecule has 1 aliphatic carbocycles. The molecule has 1 aliphatic rings. The highest BCUT2D eigenvalue weighted by Gasteiger charge is 2.21. The maximum atomic E-state index is 12.6. The topological polar surface area (TPSA) is 67.4 Å². The molecule has 0 aliphatic heterocycles. The van der Waals surface area contributed by atoms with E-state index in [1.165, 1.54) is 12.8 Å². The Hall–Kier alpha value is -3.60. The third-order valence-corrected chi connectivity index (χ3v) is 4.76. The Labute approximate surface area is 169 Å². The number of carbonyl (C=O) groups excluding carboxylic acids is 2. The molecule has 1 saturated carbocycles. The predicted octanol–water partition coefficient (Wildman–Crippen LogP) is 4.98. The van der Waals surface area contributed by atoms with E-state index >= 15 is 0 Å². The first-order valence-corrected chi connectivity index (χ1v) is 9.69. The number of anilines is 2. The first-order chi connectivity index (χ1) is 14.2. The van der Waals surface area contributed by atoms with Gasteiger partial charge in [0.15, 0.2) is 0 Å². The Morgan fingerprint density at radius 1 is 0.724 bits per heavy atom. The van der Waals surface area contributed by atoms with Crippen LogP contribution in [0.15, 0.2) is 78.9 Å². The van der Waals surface area contributed by atoms with Crippen molar-refractivity contribution in [2.45, 2.75) is 12.8 Å². The molecule has 2 N–H and O–H groups in total. The lowest BCUT2D eigenvalue weighted by Gasteiger charge is -2.13. The summed E-state index contributed by atoms with van der Waals surface area (Å²) in [6.45, 7) is 0.736. The van der Waals surface area contributed by atoms with Crippen LogP contribution in [0.5, 0.6) is 5.75 Å². The molecule has 0 atom stereocenters. The largest absolute Gasteiger partial charge is 0.493 e. The van der Waals surface area contributed by atoms with Crippen molar-refractivity contribution in [2.75, 3.05) is 17.2 Å². The maximum absolute atomic E-state index is 12.6. The lowest BCUT2D eigenvalue weighted by molar-refractivity contribution is 0.101. The number of ether oxygens (including phenoxy) is 1. The number of hydrogen-bond donors (Lipinski definition) is 2. The fraction of sp³-hybridized carbons (Fsp3) is 0.167. The van der Waals surface area contributed by atoms with Crippen LogP contribution in [-0.2, 0) is 0 Å². The van der Waals surface area contributed by atoms with Gasteiger partial charge in [0.25, 0.3) is 11.8 Å². The summed E-state index contributed by atoms with van der Waals surface area (Å²) in [5.74, 6) is 0.967. The van der Waals surface area contributed by atoms with Gasteiger partial charge in [0.2, 0.25) is 0 Å². The number of benzene rings is 3. The van der Waals surface area contributed by atoms with Gasteiger partial charge in [0.1, 0.15) is 5.75 Å². The third kappa shape index (κ3) is 5.02. The van der Waals surface area contributed by atoms with E-state index in [2.05, 4.69) is 10.6 Å². The normalized spacial score (nSPS) is 12.8. The Morgan fingerprint density at radius 3 is 1.79 bits per heavy atom. The van der Waals surface area contributed by atoms with E-state index in [1.807, 2.05) is 18.2 Å². The van der Waals surface area contributed by atoms with Crippen LogP contribution in [0.4, 0.5) is 11.4 Å². The van der Waals surface area contributed by atoms with Gasteiger partial charge in [0.05, 0.1) is 18.0 Å². The molecule has 29 heavy (non-hydrogen) atoms. The fourth-order valence-electron chi connectivity index (χ4n) is 2.88. The molecule has 0 bridgehead atoms. The van der Waals surface area contributed by atoms with E-state index in [-0.39, 0.29) is 11.8 Å². The SMILES string of the molecule is O=C(Nc1ccccc1NC(=O)c1ccc(OCC2CC2)cc1)c1ccccc1. The van der Waals surface area contributed by atoms with Gasteiger partial charge in [-0.3, -0.25) is 9.59 Å². The molecule has 0 radical (unpaired) electrons. The molecule has 3 aromatic carbocycles. The van der Waals surface area contributed by atoms with Gasteiger partial charge >= 0.3 is 0 Å². The van der Waals surface area contributed by atoms with Crippen molar-refractivity contribution in [1.82, 2.24) is 0 Å². The molecule has 146 valence electrons. The first-order valence-electron chi connectivity index (χ1n) is 9.69. The van der Waals surface area contributed by atoms with E-state index in [0.29, 0.717) is 28.4 Å². The van der Waals surface area contributed by atoms with Crippen molar-refractivity contribution in [2.24, 2.45) is 5.92 Å². The average molecular weight is 386 g/mol. The molecule has 4 rings (SSSR count). The predicted molar refractivity (Wildman–Crippen MR) is 113 cm³/mol. The Morgan fingerprint density at radius 2 is 1.24 bits per heavy atom. The molecule has 0 saturated heterocycles. The van der Waals surface area contributed by atoms with Crippen LogP contribution in [0.3, 0.4) is 0 Å². The van der Waals surface area contributed by atoms with E-state index in [9.17, 15) is 9.59 Å². The van der Waals surface area contributed by atoms with Gasteiger partial charge in [-0.25, -0.2) is 0 Å². The number of hydrogen-bond acceptors (Lipinski definition) is 3. The smallest absolute Gasteiger partial charge is 0.255 e. The quantitative estimate of drug-likeness (QED) is 0.602. The summed E-state index contributed by atoms with van der Waals surface area (Å²) in [7, 11) is 0. The molecular weight excluding hydrogens is 364 g/mol. The molecule has 1 fully saturated rings. The number of para-hydroxylation sites is 2. The van der Waals surface area contributed by atoms with Crippen molar-refractivity contribution in [3.63, 3.8) is 0 Å². The van der Waals surface area contributed by atoms with E-state index in [1.54, 1.807) is 60.7 Å². The van der Waals surface area contributed by atoms with Crippen molar-refractivity contribution < 1.29 is 14.3 Å². The van der Waals surface area contributed by atoms with Crippen LogP contribution in [0.1, 0.15) is 33.6 Å². The lowest BCUT2D eigenvalue weighted by atomic mass is 10.1. The molecule has 2 amide bonds. The van der Waals surface area contributed by atoms with Gasteiger partial charge in [0, 0.05) is 11.1 Å². The summed E-state index contributed by atoms with van der Waals surface area (Å²) in [6, 6.07) is 23.2. The Balaban J connectivity index is 1.42. The molecule has 5 heteroatoms. The molecule has 0 aromatic heterocycles. The Bertz CT molecular complexity index is 996. The van der Waals surface area contributed by atoms with Crippen LogP contribution in [0.25, 0.3) is 0 Å². The molecule has 5 nitrogen and oxygen atoms in total. The lowest BCUT2D eigenvalue weighted by Crippen LogP contribution is -2.16. The maximum Gasteiger partial charge on any atom is 0.255 e. The summed E-state index contributed by atoms with van der Waals surface area (Å²) in [5, 5.41) is 5.72. The summed E-state index contributed by atoms with van der Waals surface area (Å²) in [6.07, 6.45) is 2.47. The van der Waals surface area contributed by atoms with Crippen molar-refractivity contribution in [3.8, 4) is 5.75 Å². The fourth-order valence-corrected chi connectivity index (χ4v) is 2.88. The summed E-state index contributed by atoms with van der Waals surface area (Å²) < 4.78 is 5.71. The molecular formula is C24H22N2O3. The van der Waals surface area contributed by atoms with Crippen LogP contribution in [-0.4, -0.2) is 18.4 Å². The Kier molecular flexibility index (Phi) is 5.56. The summed E-state index contributed by atoms with van der Waals surface area (Å²) in [4.78, 5) is 25.1. The number of carbonyl (C=O) groups is 2. The van der Waals surface area contributed by atoms with Crippen molar-refractivity contribution in [1.29, 1.82) is 0 Å². The second-order valence-electron chi connectivity index (χ2n) is 7.10. The van der Waals surface area contributed by atoms with Crippen molar-refractivity contribution >= 4 is 23.2 Å². The third-order valence-electron chi connectivity index (χ3n) is 4.76. The minimum atomic E-state index is -0.250. The van der Waals surface area contributed by atoms with E-state index < -0.39 is 0 Å². The first kappa shape index (κ1) is 18.7. The number of nitrogens with one attached hydrogen (secondary N) is 2. The second-order valence-corrected chi connectivity index (χ2v) is 7.10. The highest BCUT2D eigenvalue weighted by Crippen LogP contribution is 2.29. The highest BCUT2D eigenvalue weighted by atomic mass is 16.5. The van der Waals surface area contributed by atoms with Gasteiger partial charge in [-0.15, -0.1) is 0 Å². The zero-order chi connectivity index (χ0) is 20.1. The molecule has 0 unspecified atom stereocenters. The van der Waals surface area contributed by atoms with Crippen LogP contribution >= 0.6 is 0 Å². The molecule has 3 aromatic rings. The van der Waals surface area contributed by atoms with Gasteiger partial charge in [-0.1, -0.05) is 30.3 Å². The minimum absolute atomic E-state index is 0.232. The molecule has 0 heterocycles. The minimum Gasteiger partial charge on any atom is -0.493 e. The van der Waals surface area contributed by atoms with E-state index in [0.717, 1.165) is 12.4 Å². The van der Waals surface area contributed by atoms with Gasteiger partial charge < -0.3 is 15.4 Å². The molecule has 0 spiro atoms. The second kappa shape index (κ2) is 8.61. The van der Waals surface area contributed by atoms with Gasteiger partial charge in [-0.2, -0.15) is 0 Å². The van der Waals surface area contributed by atoms with Crippen LogP contribution < -0.4 is 15.4 Å². The summed E-state index contributed by atoms with van der Waals surface area (Å²) >= 11 is 0. The zero-order valence-electron chi connectivity index (χ0n) is 15.9.